The highest BCUT2D eigenvalue weighted by molar-refractivity contribution is 6.30. The zero-order valence-electron chi connectivity index (χ0n) is 14.2. The van der Waals surface area contributed by atoms with Gasteiger partial charge in [0.25, 0.3) is 5.91 Å². The summed E-state index contributed by atoms with van der Waals surface area (Å²) in [7, 11) is 0. The number of carbonyl (C=O) groups excluding carboxylic acids is 2. The third kappa shape index (κ3) is 6.23. The molecule has 0 spiro atoms. The summed E-state index contributed by atoms with van der Waals surface area (Å²) in [6.07, 6.45) is 5.46. The predicted molar refractivity (Wildman–Crippen MR) is 96.6 cm³/mol. The summed E-state index contributed by atoms with van der Waals surface area (Å²) in [4.78, 5) is 26.5. The number of rotatable bonds is 9. The molecule has 1 aromatic carbocycles. The molecule has 0 bridgehead atoms. The van der Waals surface area contributed by atoms with Gasteiger partial charge in [-0.05, 0) is 30.7 Å². The SMILES string of the molecule is CCCCCCN(CC(=O)Nc1ccon1)C(=O)c1ccc(Cl)cc1. The zero-order chi connectivity index (χ0) is 18.1. The highest BCUT2D eigenvalue weighted by Gasteiger charge is 2.19. The van der Waals surface area contributed by atoms with Crippen molar-refractivity contribution in [1.82, 2.24) is 10.1 Å². The van der Waals surface area contributed by atoms with Crippen LogP contribution in [0, 0.1) is 0 Å². The lowest BCUT2D eigenvalue weighted by Gasteiger charge is -2.22. The van der Waals surface area contributed by atoms with E-state index in [4.69, 9.17) is 11.6 Å². The van der Waals surface area contributed by atoms with E-state index in [1.807, 2.05) is 0 Å². The van der Waals surface area contributed by atoms with Gasteiger partial charge in [0.2, 0.25) is 5.91 Å². The Kier molecular flexibility index (Phi) is 7.47. The second-order valence-electron chi connectivity index (χ2n) is 5.73. The fourth-order valence-electron chi connectivity index (χ4n) is 2.39. The Morgan fingerprint density at radius 2 is 1.92 bits per heavy atom. The van der Waals surface area contributed by atoms with Crippen molar-refractivity contribution >= 4 is 29.2 Å². The molecule has 2 rings (SSSR count). The van der Waals surface area contributed by atoms with Gasteiger partial charge in [0.15, 0.2) is 5.82 Å². The molecular weight excluding hydrogens is 342 g/mol. The largest absolute Gasteiger partial charge is 0.363 e. The monoisotopic (exact) mass is 363 g/mol. The number of hydrogen-bond acceptors (Lipinski definition) is 4. The van der Waals surface area contributed by atoms with E-state index in [0.29, 0.717) is 22.9 Å². The van der Waals surface area contributed by atoms with E-state index in [2.05, 4.69) is 21.9 Å². The molecule has 0 unspecified atom stereocenters. The lowest BCUT2D eigenvalue weighted by molar-refractivity contribution is -0.117. The molecule has 2 aromatic rings. The average molecular weight is 364 g/mol. The van der Waals surface area contributed by atoms with Gasteiger partial charge >= 0.3 is 0 Å². The van der Waals surface area contributed by atoms with Gasteiger partial charge in [-0.2, -0.15) is 0 Å². The second-order valence-corrected chi connectivity index (χ2v) is 6.16. The number of carbonyl (C=O) groups is 2. The maximum atomic E-state index is 12.7. The maximum Gasteiger partial charge on any atom is 0.254 e. The summed E-state index contributed by atoms with van der Waals surface area (Å²) >= 11 is 5.87. The number of nitrogens with zero attached hydrogens (tertiary/aromatic N) is 2. The molecule has 1 N–H and O–H groups in total. The first-order valence-electron chi connectivity index (χ1n) is 8.35. The molecule has 0 fully saturated rings. The van der Waals surface area contributed by atoms with Crippen molar-refractivity contribution in [3.63, 3.8) is 0 Å². The molecule has 0 radical (unpaired) electrons. The number of nitrogens with one attached hydrogen (secondary N) is 1. The lowest BCUT2D eigenvalue weighted by atomic mass is 10.1. The van der Waals surface area contributed by atoms with Crippen LogP contribution in [-0.4, -0.2) is 35.0 Å². The standard InChI is InChI=1S/C18H22ClN3O3/c1-2-3-4-5-11-22(13-17(23)20-16-10-12-25-21-16)18(24)14-6-8-15(19)9-7-14/h6-10,12H,2-5,11,13H2,1H3,(H,20,21,23). The molecule has 134 valence electrons. The molecule has 0 atom stereocenters. The molecule has 1 heterocycles. The van der Waals surface area contributed by atoms with Crippen molar-refractivity contribution in [3.05, 3.63) is 47.2 Å². The molecule has 0 aliphatic rings. The van der Waals surface area contributed by atoms with Crippen LogP contribution in [0.5, 0.6) is 0 Å². The molecule has 2 amide bonds. The van der Waals surface area contributed by atoms with E-state index < -0.39 is 0 Å². The smallest absolute Gasteiger partial charge is 0.254 e. The van der Waals surface area contributed by atoms with Gasteiger partial charge < -0.3 is 14.7 Å². The van der Waals surface area contributed by atoms with Gasteiger partial charge in [0, 0.05) is 23.2 Å². The number of aromatic nitrogens is 1. The van der Waals surface area contributed by atoms with Gasteiger partial charge in [-0.1, -0.05) is 42.9 Å². The minimum Gasteiger partial charge on any atom is -0.363 e. The Morgan fingerprint density at radius 1 is 1.16 bits per heavy atom. The van der Waals surface area contributed by atoms with Crippen LogP contribution in [0.4, 0.5) is 5.82 Å². The number of anilines is 1. The van der Waals surface area contributed by atoms with Crippen molar-refractivity contribution in [2.45, 2.75) is 32.6 Å². The molecule has 7 heteroatoms. The second kappa shape index (κ2) is 9.84. The van der Waals surface area contributed by atoms with E-state index in [1.54, 1.807) is 35.2 Å². The topological polar surface area (TPSA) is 75.4 Å². The highest BCUT2D eigenvalue weighted by Crippen LogP contribution is 2.13. The van der Waals surface area contributed by atoms with E-state index in [9.17, 15) is 9.59 Å². The van der Waals surface area contributed by atoms with E-state index in [1.165, 1.54) is 6.26 Å². The van der Waals surface area contributed by atoms with Crippen LogP contribution in [0.1, 0.15) is 43.0 Å². The highest BCUT2D eigenvalue weighted by atomic mass is 35.5. The van der Waals surface area contributed by atoms with Crippen LogP contribution >= 0.6 is 11.6 Å². The number of amides is 2. The summed E-state index contributed by atoms with van der Waals surface area (Å²) < 4.78 is 4.68. The molecule has 1 aromatic heterocycles. The third-order valence-corrected chi connectivity index (χ3v) is 3.95. The minimum absolute atomic E-state index is 0.0412. The normalized spacial score (nSPS) is 10.5. The summed E-state index contributed by atoms with van der Waals surface area (Å²) in [5.74, 6) is -0.176. The van der Waals surface area contributed by atoms with E-state index in [0.717, 1.165) is 25.7 Å². The summed E-state index contributed by atoms with van der Waals surface area (Å²) in [5.41, 5.74) is 0.508. The van der Waals surface area contributed by atoms with Gasteiger partial charge in [-0.15, -0.1) is 0 Å². The van der Waals surface area contributed by atoms with E-state index >= 15 is 0 Å². The molecule has 0 saturated heterocycles. The van der Waals surface area contributed by atoms with Crippen LogP contribution in [0.15, 0.2) is 41.1 Å². The summed E-state index contributed by atoms with van der Waals surface area (Å²) in [6.45, 7) is 2.61. The molecular formula is C18H22ClN3O3. The Hall–Kier alpha value is -2.34. The Labute approximate surface area is 152 Å². The first-order valence-corrected chi connectivity index (χ1v) is 8.73. The first-order chi connectivity index (χ1) is 12.1. The molecule has 0 aliphatic carbocycles. The van der Waals surface area contributed by atoms with Gasteiger partial charge in [-0.25, -0.2) is 0 Å². The van der Waals surface area contributed by atoms with Crippen LogP contribution < -0.4 is 5.32 Å². The Balaban J connectivity index is 2.01. The number of benzene rings is 1. The number of unbranched alkanes of at least 4 members (excludes halogenated alkanes) is 3. The van der Waals surface area contributed by atoms with Crippen LogP contribution in [0.2, 0.25) is 5.02 Å². The Morgan fingerprint density at radius 3 is 2.56 bits per heavy atom. The lowest BCUT2D eigenvalue weighted by Crippen LogP contribution is -2.38. The number of hydrogen-bond donors (Lipinski definition) is 1. The van der Waals surface area contributed by atoms with Gasteiger partial charge in [0.1, 0.15) is 12.8 Å². The molecule has 0 saturated carbocycles. The van der Waals surface area contributed by atoms with Gasteiger partial charge in [-0.3, -0.25) is 9.59 Å². The quantitative estimate of drug-likeness (QED) is 0.683. The average Bonchev–Trinajstić information content (AvgIpc) is 3.10. The number of halogens is 1. The van der Waals surface area contributed by atoms with Crippen molar-refractivity contribution in [3.8, 4) is 0 Å². The molecule has 25 heavy (non-hydrogen) atoms. The fraction of sp³-hybridized carbons (Fsp3) is 0.389. The van der Waals surface area contributed by atoms with E-state index in [-0.39, 0.29) is 18.4 Å². The van der Waals surface area contributed by atoms with Crippen molar-refractivity contribution in [2.75, 3.05) is 18.4 Å². The van der Waals surface area contributed by atoms with Crippen molar-refractivity contribution in [1.29, 1.82) is 0 Å². The minimum atomic E-state index is -0.313. The first kappa shape index (κ1) is 19.0. The summed E-state index contributed by atoms with van der Waals surface area (Å²) in [5, 5.41) is 6.81. The maximum absolute atomic E-state index is 12.7. The van der Waals surface area contributed by atoms with Crippen LogP contribution in [0.3, 0.4) is 0 Å². The molecule has 0 aliphatic heterocycles. The predicted octanol–water partition coefficient (Wildman–Crippen LogP) is 3.99. The van der Waals surface area contributed by atoms with Crippen molar-refractivity contribution < 1.29 is 14.1 Å². The summed E-state index contributed by atoms with van der Waals surface area (Å²) in [6, 6.07) is 8.21. The zero-order valence-corrected chi connectivity index (χ0v) is 15.0. The van der Waals surface area contributed by atoms with Crippen molar-refractivity contribution in [2.24, 2.45) is 0 Å². The van der Waals surface area contributed by atoms with Gasteiger partial charge in [0.05, 0.1) is 0 Å². The third-order valence-electron chi connectivity index (χ3n) is 3.70. The van der Waals surface area contributed by atoms with Crippen LogP contribution in [0.25, 0.3) is 0 Å². The van der Waals surface area contributed by atoms with Crippen LogP contribution in [-0.2, 0) is 4.79 Å². The Bertz CT molecular complexity index is 671. The molecule has 6 nitrogen and oxygen atoms in total. The fourth-order valence-corrected chi connectivity index (χ4v) is 2.52.